The molecular formula is C14H22O8. The second-order valence-corrected chi connectivity index (χ2v) is 6.59. The third-order valence-corrected chi connectivity index (χ3v) is 3.74. The average Bonchev–Trinajstić information content (AvgIpc) is 3.06. The van der Waals surface area contributed by atoms with Crippen molar-refractivity contribution in [3.63, 3.8) is 0 Å². The largest absolute Gasteiger partial charge is 0.461 e. The number of hydrogen-bond donors (Lipinski definition) is 1. The van der Waals surface area contributed by atoms with E-state index in [2.05, 4.69) is 0 Å². The molecule has 4 fully saturated rings. The molecule has 0 amide bonds. The van der Waals surface area contributed by atoms with Gasteiger partial charge in [-0.05, 0) is 27.7 Å². The summed E-state index contributed by atoms with van der Waals surface area (Å²) in [4.78, 5) is 10.9. The number of carbonyl (C=O) groups is 1. The summed E-state index contributed by atoms with van der Waals surface area (Å²) in [7, 11) is 0. The van der Waals surface area contributed by atoms with Gasteiger partial charge in [0.25, 0.3) is 0 Å². The van der Waals surface area contributed by atoms with E-state index in [4.69, 9.17) is 28.4 Å². The molecule has 0 aromatic rings. The number of aliphatic hydroxyl groups is 1. The summed E-state index contributed by atoms with van der Waals surface area (Å²) in [5.74, 6) is -1.50. The predicted octanol–water partition coefficient (Wildman–Crippen LogP) is -0.0816. The van der Waals surface area contributed by atoms with Crippen molar-refractivity contribution < 1.29 is 38.3 Å². The molecule has 4 aliphatic heterocycles. The molecule has 4 rings (SSSR count). The number of carbonyl (C=O) groups excluding carboxylic acids is 1. The van der Waals surface area contributed by atoms with Crippen molar-refractivity contribution in [2.24, 2.45) is 0 Å². The van der Waals surface area contributed by atoms with Crippen LogP contribution in [0.25, 0.3) is 0 Å². The highest BCUT2D eigenvalue weighted by Crippen LogP contribution is 2.34. The average molecular weight is 318 g/mol. The van der Waals surface area contributed by atoms with Gasteiger partial charge in [-0.3, -0.25) is 0 Å². The zero-order valence-corrected chi connectivity index (χ0v) is 13.1. The van der Waals surface area contributed by atoms with Crippen LogP contribution in [-0.4, -0.2) is 66.6 Å². The fourth-order valence-electron chi connectivity index (χ4n) is 2.93. The van der Waals surface area contributed by atoms with Gasteiger partial charge in [-0.2, -0.15) is 0 Å². The Bertz CT molecular complexity index is 448. The van der Waals surface area contributed by atoms with Crippen LogP contribution in [0.3, 0.4) is 0 Å². The molecule has 0 aromatic carbocycles. The second-order valence-electron chi connectivity index (χ2n) is 6.59. The van der Waals surface area contributed by atoms with E-state index in [0.717, 1.165) is 0 Å². The highest BCUT2D eigenvalue weighted by molar-refractivity contribution is 5.77. The molecule has 4 saturated heterocycles. The van der Waals surface area contributed by atoms with Gasteiger partial charge in [0.05, 0.1) is 6.61 Å². The van der Waals surface area contributed by atoms with E-state index in [1.807, 2.05) is 13.8 Å². The topological polar surface area (TPSA) is 92.7 Å². The van der Waals surface area contributed by atoms with Gasteiger partial charge in [-0.15, -0.1) is 0 Å². The number of fused-ring (bicyclic) bond motifs is 2. The lowest BCUT2D eigenvalue weighted by Crippen LogP contribution is -2.29. The van der Waals surface area contributed by atoms with Crippen molar-refractivity contribution >= 4 is 5.97 Å². The smallest absolute Gasteiger partial charge is 0.338 e. The van der Waals surface area contributed by atoms with Gasteiger partial charge in [-0.25, -0.2) is 4.79 Å². The minimum atomic E-state index is -0.818. The highest BCUT2D eigenvalue weighted by atomic mass is 16.8. The van der Waals surface area contributed by atoms with Gasteiger partial charge in [0.1, 0.15) is 24.9 Å². The zero-order chi connectivity index (χ0) is 16.1. The van der Waals surface area contributed by atoms with Crippen LogP contribution in [0.15, 0.2) is 0 Å². The molecule has 8 nitrogen and oxygen atoms in total. The minimum absolute atomic E-state index is 0.0972. The van der Waals surface area contributed by atoms with E-state index < -0.39 is 24.0 Å². The summed E-state index contributed by atoms with van der Waals surface area (Å²) < 4.78 is 31.1. The molecule has 0 saturated carbocycles. The van der Waals surface area contributed by atoms with Crippen molar-refractivity contribution in [3.8, 4) is 0 Å². The number of rotatable bonds is 0. The van der Waals surface area contributed by atoms with Gasteiger partial charge >= 0.3 is 5.97 Å². The molecule has 0 radical (unpaired) electrons. The van der Waals surface area contributed by atoms with Crippen LogP contribution in [-0.2, 0) is 33.2 Å². The summed E-state index contributed by atoms with van der Waals surface area (Å²) in [6.07, 6.45) is -1.91. The van der Waals surface area contributed by atoms with Crippen LogP contribution < -0.4 is 0 Å². The fourth-order valence-corrected chi connectivity index (χ4v) is 2.93. The summed E-state index contributed by atoms with van der Waals surface area (Å²) in [5.41, 5.74) is 0. The Kier molecular flexibility index (Phi) is 3.95. The molecule has 1 N–H and O–H groups in total. The number of esters is 1. The summed E-state index contributed by atoms with van der Waals surface area (Å²) >= 11 is 0. The Hall–Kier alpha value is -0.770. The molecule has 4 aliphatic rings. The number of hydrogen-bond acceptors (Lipinski definition) is 8. The van der Waals surface area contributed by atoms with E-state index >= 15 is 0 Å². The molecule has 0 aromatic heterocycles. The molecule has 0 aliphatic carbocycles. The molecular weight excluding hydrogens is 296 g/mol. The van der Waals surface area contributed by atoms with E-state index in [9.17, 15) is 9.90 Å². The van der Waals surface area contributed by atoms with E-state index in [1.165, 1.54) is 0 Å². The fraction of sp³-hybridized carbons (Fsp3) is 0.929. The van der Waals surface area contributed by atoms with Gasteiger partial charge in [0.15, 0.2) is 24.0 Å². The quantitative estimate of drug-likeness (QED) is 0.620. The Morgan fingerprint density at radius 3 is 2.23 bits per heavy atom. The Morgan fingerprint density at radius 1 is 0.955 bits per heavy atom. The maximum atomic E-state index is 10.9. The standard InChI is InChI=1S/C7H12O4.C7H10O4/c2*1-7(2)10-4-3-9-6(8)5(4)11-7/h4-6,8H,3H2,1-2H3;4-5H,3H2,1-2H3/t4-,5-,6?;4-,5-/m00/s1. The monoisotopic (exact) mass is 318 g/mol. The molecule has 8 heteroatoms. The Labute approximate surface area is 128 Å². The summed E-state index contributed by atoms with van der Waals surface area (Å²) in [6.45, 7) is 8.00. The molecule has 0 spiro atoms. The normalized spacial score (nSPS) is 44.0. The molecule has 1 unspecified atom stereocenters. The molecule has 0 bridgehead atoms. The van der Waals surface area contributed by atoms with Crippen LogP contribution in [0.4, 0.5) is 0 Å². The van der Waals surface area contributed by atoms with E-state index in [1.54, 1.807) is 13.8 Å². The third-order valence-electron chi connectivity index (χ3n) is 3.74. The lowest BCUT2D eigenvalue weighted by atomic mass is 10.2. The van der Waals surface area contributed by atoms with Crippen LogP contribution in [0.5, 0.6) is 0 Å². The summed E-state index contributed by atoms with van der Waals surface area (Å²) in [5, 5.41) is 9.20. The molecule has 5 atom stereocenters. The van der Waals surface area contributed by atoms with Crippen molar-refractivity contribution in [1.82, 2.24) is 0 Å². The van der Waals surface area contributed by atoms with Crippen LogP contribution in [0.1, 0.15) is 27.7 Å². The predicted molar refractivity (Wildman–Crippen MR) is 70.6 cm³/mol. The highest BCUT2D eigenvalue weighted by Gasteiger charge is 2.51. The van der Waals surface area contributed by atoms with Crippen molar-refractivity contribution in [2.75, 3.05) is 13.2 Å². The minimum Gasteiger partial charge on any atom is -0.461 e. The van der Waals surface area contributed by atoms with Crippen molar-refractivity contribution in [2.45, 2.75) is 70.0 Å². The van der Waals surface area contributed by atoms with E-state index in [0.29, 0.717) is 13.2 Å². The van der Waals surface area contributed by atoms with E-state index in [-0.39, 0.29) is 24.3 Å². The number of aliphatic hydroxyl groups excluding tert-OH is 1. The number of ether oxygens (including phenoxy) is 6. The van der Waals surface area contributed by atoms with Crippen molar-refractivity contribution in [1.29, 1.82) is 0 Å². The third kappa shape index (κ3) is 3.12. The Morgan fingerprint density at radius 2 is 1.59 bits per heavy atom. The molecule has 22 heavy (non-hydrogen) atoms. The SMILES string of the molecule is CC1(C)O[C@H]2COC(=O)[C@H]2O1.CC1(C)O[C@H]2COC(O)[C@H]2O1. The number of cyclic esters (lactones) is 1. The van der Waals surface area contributed by atoms with Crippen molar-refractivity contribution in [3.05, 3.63) is 0 Å². The first kappa shape index (κ1) is 16.1. The van der Waals surface area contributed by atoms with Crippen LogP contribution in [0, 0.1) is 0 Å². The maximum Gasteiger partial charge on any atom is 0.338 e. The summed E-state index contributed by atoms with van der Waals surface area (Å²) in [6, 6.07) is 0. The molecule has 126 valence electrons. The second kappa shape index (κ2) is 5.40. The van der Waals surface area contributed by atoms with Gasteiger partial charge < -0.3 is 33.5 Å². The van der Waals surface area contributed by atoms with Crippen LogP contribution in [0.2, 0.25) is 0 Å². The maximum absolute atomic E-state index is 10.9. The van der Waals surface area contributed by atoms with Gasteiger partial charge in [0, 0.05) is 0 Å². The lowest BCUT2D eigenvalue weighted by molar-refractivity contribution is -0.205. The first-order valence-electron chi connectivity index (χ1n) is 7.34. The first-order chi connectivity index (χ1) is 10.2. The van der Waals surface area contributed by atoms with Crippen LogP contribution >= 0.6 is 0 Å². The zero-order valence-electron chi connectivity index (χ0n) is 13.1. The van der Waals surface area contributed by atoms with Gasteiger partial charge in [-0.1, -0.05) is 0 Å². The lowest BCUT2D eigenvalue weighted by Gasteiger charge is -2.19. The molecule has 4 heterocycles. The Balaban J connectivity index is 0.000000131. The first-order valence-corrected chi connectivity index (χ1v) is 7.34. The van der Waals surface area contributed by atoms with Gasteiger partial charge in [0.2, 0.25) is 0 Å².